The van der Waals surface area contributed by atoms with Gasteiger partial charge in [0.2, 0.25) is 0 Å². The molecule has 160 valence electrons. The molecule has 1 aliphatic rings. The Kier molecular flexibility index (Phi) is 10.8. The Morgan fingerprint density at radius 2 is 1.82 bits per heavy atom. The van der Waals surface area contributed by atoms with Crippen LogP contribution in [0.2, 0.25) is 0 Å². The highest BCUT2D eigenvalue weighted by Crippen LogP contribution is 2.33. The zero-order valence-corrected chi connectivity index (χ0v) is 21.1. The van der Waals surface area contributed by atoms with Crippen LogP contribution in [0.5, 0.6) is 11.5 Å². The molecule has 1 aliphatic heterocycles. The summed E-state index contributed by atoms with van der Waals surface area (Å²) in [6.45, 7) is 9.16. The minimum absolute atomic E-state index is 0. The van der Waals surface area contributed by atoms with E-state index in [4.69, 9.17) is 9.47 Å². The number of methoxy groups -OCH3 is 2. The number of nitrogens with zero attached hydrogens (tertiary/aromatic N) is 2. The second kappa shape index (κ2) is 12.0. The molecule has 0 amide bonds. The van der Waals surface area contributed by atoms with Crippen molar-refractivity contribution in [2.75, 3.05) is 53.7 Å². The summed E-state index contributed by atoms with van der Waals surface area (Å²) in [6.07, 6.45) is 3.17. The van der Waals surface area contributed by atoms with Crippen molar-refractivity contribution in [1.29, 1.82) is 0 Å². The molecule has 0 fully saturated rings. The molecule has 2 rings (SSSR count). The van der Waals surface area contributed by atoms with E-state index in [2.05, 4.69) is 52.8 Å². The van der Waals surface area contributed by atoms with Gasteiger partial charge >= 0.3 is 0 Å². The number of thioether (sulfide) groups is 1. The van der Waals surface area contributed by atoms with Crippen LogP contribution in [0.15, 0.2) is 17.1 Å². The maximum absolute atomic E-state index is 5.45. The first-order chi connectivity index (χ1) is 12.9. The third-order valence-corrected chi connectivity index (χ3v) is 6.22. The van der Waals surface area contributed by atoms with E-state index in [1.54, 1.807) is 14.2 Å². The van der Waals surface area contributed by atoms with E-state index in [0.29, 0.717) is 0 Å². The van der Waals surface area contributed by atoms with Crippen molar-refractivity contribution in [3.05, 3.63) is 23.3 Å². The molecule has 8 heteroatoms. The molecular weight excluding hydrogens is 487 g/mol. The highest BCUT2D eigenvalue weighted by atomic mass is 127. The normalized spacial score (nSPS) is 14.7. The van der Waals surface area contributed by atoms with E-state index >= 15 is 0 Å². The molecule has 0 unspecified atom stereocenters. The molecule has 2 N–H and O–H groups in total. The van der Waals surface area contributed by atoms with E-state index in [0.717, 1.165) is 56.6 Å². The van der Waals surface area contributed by atoms with Gasteiger partial charge in [0.05, 0.1) is 14.2 Å². The van der Waals surface area contributed by atoms with Gasteiger partial charge in [0, 0.05) is 44.5 Å². The van der Waals surface area contributed by atoms with E-state index in [1.165, 1.54) is 11.1 Å². The monoisotopic (exact) mass is 522 g/mol. The number of nitrogens with one attached hydrogen (secondary N) is 2. The summed E-state index contributed by atoms with van der Waals surface area (Å²) in [6, 6.07) is 4.22. The van der Waals surface area contributed by atoms with Crippen LogP contribution in [-0.4, -0.2) is 69.3 Å². The molecular formula is C20H35IN4O2S. The maximum Gasteiger partial charge on any atom is 0.191 e. The topological polar surface area (TPSA) is 58.1 Å². The Bertz CT molecular complexity index is 655. The Labute approximate surface area is 191 Å². The molecule has 28 heavy (non-hydrogen) atoms. The van der Waals surface area contributed by atoms with Gasteiger partial charge in [-0.05, 0) is 49.8 Å². The molecule has 0 bridgehead atoms. The lowest BCUT2D eigenvalue weighted by atomic mass is 9.99. The number of hydrogen-bond acceptors (Lipinski definition) is 5. The number of hydrogen-bond donors (Lipinski definition) is 2. The van der Waals surface area contributed by atoms with Gasteiger partial charge in [0.15, 0.2) is 17.5 Å². The zero-order valence-electron chi connectivity index (χ0n) is 17.9. The van der Waals surface area contributed by atoms with Crippen LogP contribution >= 0.6 is 35.7 Å². The van der Waals surface area contributed by atoms with Gasteiger partial charge in [-0.1, -0.05) is 0 Å². The summed E-state index contributed by atoms with van der Waals surface area (Å²) in [5.41, 5.74) is 2.68. The lowest BCUT2D eigenvalue weighted by Gasteiger charge is -2.30. The van der Waals surface area contributed by atoms with Crippen molar-refractivity contribution in [3.63, 3.8) is 0 Å². The van der Waals surface area contributed by atoms with Gasteiger partial charge in [-0.3, -0.25) is 9.89 Å². The fourth-order valence-corrected chi connectivity index (χ4v) is 3.27. The van der Waals surface area contributed by atoms with Crippen LogP contribution in [0.4, 0.5) is 0 Å². The van der Waals surface area contributed by atoms with Crippen LogP contribution in [-0.2, 0) is 13.0 Å². The Morgan fingerprint density at radius 3 is 2.39 bits per heavy atom. The summed E-state index contributed by atoms with van der Waals surface area (Å²) in [7, 11) is 5.19. The number of ether oxygens (including phenoxy) is 2. The van der Waals surface area contributed by atoms with Crippen molar-refractivity contribution in [2.45, 2.75) is 31.6 Å². The summed E-state index contributed by atoms with van der Waals surface area (Å²) >= 11 is 1.85. The first-order valence-electron chi connectivity index (χ1n) is 9.38. The average Bonchev–Trinajstić information content (AvgIpc) is 2.69. The number of fused-ring (bicyclic) bond motifs is 1. The smallest absolute Gasteiger partial charge is 0.191 e. The van der Waals surface area contributed by atoms with Crippen LogP contribution in [0.25, 0.3) is 0 Å². The van der Waals surface area contributed by atoms with Crippen molar-refractivity contribution in [1.82, 2.24) is 15.5 Å². The number of guanidine groups is 1. The van der Waals surface area contributed by atoms with Gasteiger partial charge in [0.25, 0.3) is 0 Å². The van der Waals surface area contributed by atoms with E-state index < -0.39 is 0 Å². The van der Waals surface area contributed by atoms with Crippen molar-refractivity contribution < 1.29 is 9.47 Å². The minimum Gasteiger partial charge on any atom is -0.493 e. The lowest BCUT2D eigenvalue weighted by molar-refractivity contribution is 0.256. The number of benzene rings is 1. The molecule has 0 saturated carbocycles. The molecule has 1 heterocycles. The molecule has 6 nitrogen and oxygen atoms in total. The Balaban J connectivity index is 0.00000392. The maximum atomic E-state index is 5.45. The Hall–Kier alpha value is -0.870. The molecule has 0 spiro atoms. The fraction of sp³-hybridized carbons (Fsp3) is 0.650. The second-order valence-corrected chi connectivity index (χ2v) is 8.83. The van der Waals surface area contributed by atoms with E-state index in [1.807, 2.05) is 18.8 Å². The standard InChI is InChI=1S/C20H34N4O2S.HI/c1-20(2,27-6)14-23-19(21-3)22-8-10-24-9-7-15-11-17(25-4)18(26-5)12-16(15)13-24;/h11-12H,7-10,13-14H2,1-6H3,(H2,21,22,23);1H. The van der Waals surface area contributed by atoms with Gasteiger partial charge in [0.1, 0.15) is 0 Å². The number of rotatable bonds is 8. The highest BCUT2D eigenvalue weighted by Gasteiger charge is 2.19. The molecule has 0 saturated heterocycles. The molecule has 0 aliphatic carbocycles. The molecule has 1 aromatic carbocycles. The van der Waals surface area contributed by atoms with Crippen molar-refractivity contribution >= 4 is 41.7 Å². The SMILES string of the molecule is CN=C(NCCN1CCc2cc(OC)c(OC)cc2C1)NCC(C)(C)SC.I. The van der Waals surface area contributed by atoms with Crippen LogP contribution in [0.1, 0.15) is 25.0 Å². The number of aliphatic imine (C=N–C) groups is 1. The van der Waals surface area contributed by atoms with Crippen LogP contribution < -0.4 is 20.1 Å². The summed E-state index contributed by atoms with van der Waals surface area (Å²) in [4.78, 5) is 6.78. The third-order valence-electron chi connectivity index (χ3n) is 4.98. The van der Waals surface area contributed by atoms with Gasteiger partial charge in [-0.25, -0.2) is 0 Å². The molecule has 0 radical (unpaired) electrons. The van der Waals surface area contributed by atoms with E-state index in [9.17, 15) is 0 Å². The summed E-state index contributed by atoms with van der Waals surface area (Å²) < 4.78 is 11.1. The van der Waals surface area contributed by atoms with Crippen molar-refractivity contribution in [3.8, 4) is 11.5 Å². The average molecular weight is 522 g/mol. The molecule has 0 atom stereocenters. The first-order valence-corrected chi connectivity index (χ1v) is 10.6. The Morgan fingerprint density at radius 1 is 1.18 bits per heavy atom. The zero-order chi connectivity index (χ0) is 19.9. The van der Waals surface area contributed by atoms with Crippen molar-refractivity contribution in [2.24, 2.45) is 4.99 Å². The largest absolute Gasteiger partial charge is 0.493 e. The second-order valence-electron chi connectivity index (χ2n) is 7.32. The highest BCUT2D eigenvalue weighted by molar-refractivity contribution is 14.0. The summed E-state index contributed by atoms with van der Waals surface area (Å²) in [5.74, 6) is 2.48. The predicted octanol–water partition coefficient (Wildman–Crippen LogP) is 2.99. The quantitative estimate of drug-likeness (QED) is 0.311. The van der Waals surface area contributed by atoms with E-state index in [-0.39, 0.29) is 28.7 Å². The summed E-state index contributed by atoms with van der Waals surface area (Å²) in [5, 5.41) is 6.83. The molecule has 1 aromatic rings. The predicted molar refractivity (Wildman–Crippen MR) is 131 cm³/mol. The van der Waals surface area contributed by atoms with Crippen LogP contribution in [0, 0.1) is 0 Å². The third kappa shape index (κ3) is 7.18. The van der Waals surface area contributed by atoms with Gasteiger partial charge in [-0.2, -0.15) is 11.8 Å². The van der Waals surface area contributed by atoms with Gasteiger partial charge < -0.3 is 20.1 Å². The van der Waals surface area contributed by atoms with Crippen LogP contribution in [0.3, 0.4) is 0 Å². The number of halogens is 1. The fourth-order valence-electron chi connectivity index (χ4n) is 3.05. The van der Waals surface area contributed by atoms with Gasteiger partial charge in [-0.15, -0.1) is 24.0 Å². The minimum atomic E-state index is 0. The first kappa shape index (κ1) is 25.2. The lowest BCUT2D eigenvalue weighted by Crippen LogP contribution is -2.45. The molecule has 0 aromatic heterocycles.